The molecule has 1 aromatic carbocycles. The highest BCUT2D eigenvalue weighted by atomic mass is 16.7. The Labute approximate surface area is 148 Å². The van der Waals surface area contributed by atoms with E-state index in [9.17, 15) is 19.7 Å². The van der Waals surface area contributed by atoms with Crippen LogP contribution in [0.15, 0.2) is 33.9 Å². The lowest BCUT2D eigenvalue weighted by molar-refractivity contribution is -0.384. The third kappa shape index (κ3) is 2.90. The molecule has 1 aliphatic heterocycles. The molecule has 0 N–H and O–H groups in total. The molecule has 138 valence electrons. The van der Waals surface area contributed by atoms with Crippen LogP contribution in [0, 0.1) is 10.1 Å². The van der Waals surface area contributed by atoms with Crippen molar-refractivity contribution in [1.29, 1.82) is 0 Å². The standard InChI is InChI=1S/C17H19N3O6/c1-4-25-13-9-12(10-5-7-11(8-6-10)20(23)24)14-15(21)18(2)17(22)19(3)16(14)26-13/h5-8,12-13H,4,9H2,1-3H3/t12-,13+/m1/s1. The fourth-order valence-corrected chi connectivity index (χ4v) is 3.19. The van der Waals surface area contributed by atoms with E-state index in [-0.39, 0.29) is 11.6 Å². The Morgan fingerprint density at radius 3 is 2.46 bits per heavy atom. The van der Waals surface area contributed by atoms with Gasteiger partial charge in [0.1, 0.15) is 0 Å². The van der Waals surface area contributed by atoms with Gasteiger partial charge in [0.15, 0.2) is 0 Å². The molecular formula is C17H19N3O6. The highest BCUT2D eigenvalue weighted by molar-refractivity contribution is 5.42. The molecule has 0 radical (unpaired) electrons. The third-order valence-electron chi connectivity index (χ3n) is 4.52. The van der Waals surface area contributed by atoms with Crippen molar-refractivity contribution in [3.63, 3.8) is 0 Å². The van der Waals surface area contributed by atoms with E-state index >= 15 is 0 Å². The molecule has 0 saturated heterocycles. The number of ether oxygens (including phenoxy) is 2. The second-order valence-electron chi connectivity index (χ2n) is 6.06. The van der Waals surface area contributed by atoms with Crippen molar-refractivity contribution in [2.45, 2.75) is 25.6 Å². The van der Waals surface area contributed by atoms with Gasteiger partial charge in [0.2, 0.25) is 12.2 Å². The molecular weight excluding hydrogens is 342 g/mol. The SMILES string of the molecule is CCO[C@@H]1C[C@H](c2ccc([N+](=O)[O-])cc2)c2c(n(C)c(=O)n(C)c2=O)O1. The van der Waals surface area contributed by atoms with Crippen molar-refractivity contribution in [2.24, 2.45) is 14.1 Å². The smallest absolute Gasteiger partial charge is 0.333 e. The first-order valence-corrected chi connectivity index (χ1v) is 8.17. The van der Waals surface area contributed by atoms with Gasteiger partial charge in [0, 0.05) is 45.2 Å². The molecule has 2 aromatic rings. The van der Waals surface area contributed by atoms with Gasteiger partial charge in [-0.3, -0.25) is 24.0 Å². The first-order chi connectivity index (χ1) is 12.3. The molecule has 0 unspecified atom stereocenters. The molecule has 26 heavy (non-hydrogen) atoms. The maximum absolute atomic E-state index is 12.7. The molecule has 1 aromatic heterocycles. The lowest BCUT2D eigenvalue weighted by Gasteiger charge is -2.32. The molecule has 0 saturated carbocycles. The van der Waals surface area contributed by atoms with E-state index in [0.717, 1.165) is 10.1 Å². The van der Waals surface area contributed by atoms with E-state index in [1.165, 1.54) is 30.8 Å². The first kappa shape index (κ1) is 17.9. The summed E-state index contributed by atoms with van der Waals surface area (Å²) in [5.74, 6) is -0.229. The molecule has 9 heteroatoms. The third-order valence-corrected chi connectivity index (χ3v) is 4.52. The zero-order chi connectivity index (χ0) is 19.0. The topological polar surface area (TPSA) is 106 Å². The second-order valence-corrected chi connectivity index (χ2v) is 6.06. The first-order valence-electron chi connectivity index (χ1n) is 8.17. The summed E-state index contributed by atoms with van der Waals surface area (Å²) in [6.45, 7) is 2.23. The van der Waals surface area contributed by atoms with E-state index in [4.69, 9.17) is 9.47 Å². The van der Waals surface area contributed by atoms with Gasteiger partial charge in [0.25, 0.3) is 11.2 Å². The van der Waals surface area contributed by atoms with E-state index in [1.54, 1.807) is 12.1 Å². The maximum atomic E-state index is 12.7. The van der Waals surface area contributed by atoms with Gasteiger partial charge in [-0.15, -0.1) is 0 Å². The maximum Gasteiger partial charge on any atom is 0.333 e. The minimum Gasteiger partial charge on any atom is -0.449 e. The highest BCUT2D eigenvalue weighted by Crippen LogP contribution is 2.38. The summed E-state index contributed by atoms with van der Waals surface area (Å²) in [7, 11) is 2.94. The number of hydrogen-bond donors (Lipinski definition) is 0. The fourth-order valence-electron chi connectivity index (χ4n) is 3.19. The van der Waals surface area contributed by atoms with Crippen LogP contribution in [0.3, 0.4) is 0 Å². The Bertz CT molecular complexity index is 960. The predicted octanol–water partition coefficient (Wildman–Crippen LogP) is 1.27. The number of rotatable bonds is 4. The Morgan fingerprint density at radius 2 is 1.88 bits per heavy atom. The van der Waals surface area contributed by atoms with Crippen molar-refractivity contribution in [2.75, 3.05) is 6.61 Å². The van der Waals surface area contributed by atoms with Gasteiger partial charge in [-0.25, -0.2) is 4.79 Å². The average molecular weight is 361 g/mol. The number of fused-ring (bicyclic) bond motifs is 1. The zero-order valence-electron chi connectivity index (χ0n) is 14.7. The van der Waals surface area contributed by atoms with Crippen LogP contribution in [0.2, 0.25) is 0 Å². The number of non-ortho nitro benzene ring substituents is 1. The van der Waals surface area contributed by atoms with Crippen LogP contribution in [0.25, 0.3) is 0 Å². The summed E-state index contributed by atoms with van der Waals surface area (Å²) in [4.78, 5) is 35.3. The summed E-state index contributed by atoms with van der Waals surface area (Å²) in [5, 5.41) is 10.9. The van der Waals surface area contributed by atoms with Crippen LogP contribution < -0.4 is 16.0 Å². The van der Waals surface area contributed by atoms with Crippen molar-refractivity contribution in [3.05, 3.63) is 66.3 Å². The monoisotopic (exact) mass is 361 g/mol. The van der Waals surface area contributed by atoms with Crippen molar-refractivity contribution >= 4 is 5.69 Å². The summed E-state index contributed by atoms with van der Waals surface area (Å²) in [6.07, 6.45) is -0.253. The molecule has 2 heterocycles. The molecule has 1 aliphatic rings. The van der Waals surface area contributed by atoms with Gasteiger partial charge in [-0.1, -0.05) is 12.1 Å². The molecule has 9 nitrogen and oxygen atoms in total. The van der Waals surface area contributed by atoms with Crippen molar-refractivity contribution in [1.82, 2.24) is 9.13 Å². The van der Waals surface area contributed by atoms with Gasteiger partial charge < -0.3 is 9.47 Å². The van der Waals surface area contributed by atoms with Crippen molar-refractivity contribution in [3.8, 4) is 5.88 Å². The minimum absolute atomic E-state index is 0.0317. The summed E-state index contributed by atoms with van der Waals surface area (Å²) in [5.41, 5.74) is 0.102. The molecule has 2 atom stereocenters. The van der Waals surface area contributed by atoms with Crippen LogP contribution in [0.5, 0.6) is 5.88 Å². The number of benzene rings is 1. The zero-order valence-corrected chi connectivity index (χ0v) is 14.7. The second kappa shape index (κ2) is 6.75. The number of nitro groups is 1. The predicted molar refractivity (Wildman–Crippen MR) is 92.5 cm³/mol. The van der Waals surface area contributed by atoms with Gasteiger partial charge in [-0.2, -0.15) is 0 Å². The van der Waals surface area contributed by atoms with Crippen LogP contribution in [-0.2, 0) is 18.8 Å². The quantitative estimate of drug-likeness (QED) is 0.600. The minimum atomic E-state index is -0.620. The molecule has 0 amide bonds. The Kier molecular flexibility index (Phi) is 4.64. The van der Waals surface area contributed by atoms with E-state index in [2.05, 4.69) is 0 Å². The van der Waals surface area contributed by atoms with Gasteiger partial charge >= 0.3 is 5.69 Å². The van der Waals surface area contributed by atoms with E-state index in [1.807, 2.05) is 6.92 Å². The Balaban J connectivity index is 2.18. The summed E-state index contributed by atoms with van der Waals surface area (Å²) in [6, 6.07) is 6.02. The van der Waals surface area contributed by atoms with Gasteiger partial charge in [-0.05, 0) is 12.5 Å². The molecule has 0 fully saturated rings. The average Bonchev–Trinajstić information content (AvgIpc) is 2.64. The number of aromatic nitrogens is 2. The Morgan fingerprint density at radius 1 is 1.23 bits per heavy atom. The lowest BCUT2D eigenvalue weighted by atomic mass is 9.87. The normalized spacial score (nSPS) is 18.9. The van der Waals surface area contributed by atoms with Crippen molar-refractivity contribution < 1.29 is 14.4 Å². The number of nitro benzene ring substituents is 1. The Hall–Kier alpha value is -2.94. The number of hydrogen-bond acceptors (Lipinski definition) is 6. The summed E-state index contributed by atoms with van der Waals surface area (Å²) < 4.78 is 13.6. The van der Waals surface area contributed by atoms with Gasteiger partial charge in [0.05, 0.1) is 10.5 Å². The molecule has 3 rings (SSSR count). The van der Waals surface area contributed by atoms with E-state index < -0.39 is 28.4 Å². The largest absolute Gasteiger partial charge is 0.449 e. The number of nitrogens with zero attached hydrogens (tertiary/aromatic N) is 3. The summed E-state index contributed by atoms with van der Waals surface area (Å²) >= 11 is 0. The highest BCUT2D eigenvalue weighted by Gasteiger charge is 2.35. The lowest BCUT2D eigenvalue weighted by Crippen LogP contribution is -2.44. The van der Waals surface area contributed by atoms with Crippen LogP contribution in [0.1, 0.15) is 30.4 Å². The fraction of sp³-hybridized carbons (Fsp3) is 0.412. The molecule has 0 spiro atoms. The van der Waals surface area contributed by atoms with Crippen LogP contribution in [0.4, 0.5) is 5.69 Å². The molecule has 0 aliphatic carbocycles. The van der Waals surface area contributed by atoms with E-state index in [0.29, 0.717) is 18.6 Å². The van der Waals surface area contributed by atoms with Crippen LogP contribution in [-0.4, -0.2) is 27.0 Å². The molecule has 0 bridgehead atoms. The van der Waals surface area contributed by atoms with Crippen LogP contribution >= 0.6 is 0 Å².